The van der Waals surface area contributed by atoms with Gasteiger partial charge in [-0.1, -0.05) is 61.8 Å². The van der Waals surface area contributed by atoms with E-state index in [4.69, 9.17) is 8.85 Å². The monoisotopic (exact) mass is 500 g/mol. The zero-order chi connectivity index (χ0) is 25.2. The van der Waals surface area contributed by atoms with Gasteiger partial charge in [-0.15, -0.1) is 0 Å². The van der Waals surface area contributed by atoms with Gasteiger partial charge in [0.05, 0.1) is 12.7 Å². The third-order valence-corrected chi connectivity index (χ3v) is 19.6. The predicted molar refractivity (Wildman–Crippen MR) is 145 cm³/mol. The quantitative estimate of drug-likeness (QED) is 0.301. The highest BCUT2D eigenvalue weighted by Crippen LogP contribution is 2.60. The third kappa shape index (κ3) is 5.99. The Labute approximate surface area is 207 Å². The van der Waals surface area contributed by atoms with Gasteiger partial charge in [0.25, 0.3) is 0 Å². The van der Waals surface area contributed by atoms with Crippen LogP contribution in [0.1, 0.15) is 87.5 Å². The summed E-state index contributed by atoms with van der Waals surface area (Å²) in [4.78, 5) is 0. The minimum Gasteiger partial charge on any atom is -0.414 e. The molecular formula is C27H56O4Si2. The Kier molecular flexibility index (Phi) is 9.94. The summed E-state index contributed by atoms with van der Waals surface area (Å²) < 4.78 is 13.9. The number of fused-ring (bicyclic) bond motifs is 1. The number of aliphatic hydroxyl groups excluding tert-OH is 2. The van der Waals surface area contributed by atoms with E-state index in [1.54, 1.807) is 0 Å². The molecule has 7 atom stereocenters. The third-order valence-electron chi connectivity index (χ3n) is 10.4. The standard InChI is InChI=1S/C27H56O4Si2/c1-11-33(12-2,13-3)31-25(23(29)19-28)20(4)21-16-17-22-24(15-14-18-27(21,22)8)30-32(9,10)26(5,6)7/h20-25,28-29H,11-19H2,1-10H3/t20-,21+,22-,23-,24-,25-,27+/m0/s1. The van der Waals surface area contributed by atoms with Crippen LogP contribution in [-0.2, 0) is 8.85 Å². The van der Waals surface area contributed by atoms with Gasteiger partial charge in [0, 0.05) is 6.10 Å². The molecule has 0 spiro atoms. The smallest absolute Gasteiger partial charge is 0.192 e. The van der Waals surface area contributed by atoms with Crippen molar-refractivity contribution in [2.45, 2.75) is 142 Å². The van der Waals surface area contributed by atoms with Crippen molar-refractivity contribution >= 4 is 16.6 Å². The van der Waals surface area contributed by atoms with Crippen LogP contribution in [0.4, 0.5) is 0 Å². The highest BCUT2D eigenvalue weighted by atomic mass is 28.4. The fraction of sp³-hybridized carbons (Fsp3) is 1.00. The van der Waals surface area contributed by atoms with E-state index in [0.29, 0.717) is 17.9 Å². The molecule has 0 saturated heterocycles. The Morgan fingerprint density at radius 3 is 2.09 bits per heavy atom. The van der Waals surface area contributed by atoms with Gasteiger partial charge in [0.1, 0.15) is 6.10 Å². The summed E-state index contributed by atoms with van der Waals surface area (Å²) in [7, 11) is -3.72. The van der Waals surface area contributed by atoms with Gasteiger partial charge in [-0.2, -0.15) is 0 Å². The second-order valence-electron chi connectivity index (χ2n) is 13.0. The molecule has 0 radical (unpaired) electrons. The van der Waals surface area contributed by atoms with E-state index in [0.717, 1.165) is 18.1 Å². The lowest BCUT2D eigenvalue weighted by molar-refractivity contribution is -0.0751. The Morgan fingerprint density at radius 1 is 1.03 bits per heavy atom. The fourth-order valence-electron chi connectivity index (χ4n) is 6.88. The molecule has 6 heteroatoms. The van der Waals surface area contributed by atoms with Crippen LogP contribution in [0, 0.1) is 23.2 Å². The van der Waals surface area contributed by atoms with Crippen molar-refractivity contribution in [3.8, 4) is 0 Å². The molecule has 0 bridgehead atoms. The van der Waals surface area contributed by atoms with Crippen molar-refractivity contribution in [3.05, 3.63) is 0 Å². The zero-order valence-electron chi connectivity index (χ0n) is 23.5. The first-order valence-electron chi connectivity index (χ1n) is 13.9. The average molecular weight is 501 g/mol. The first kappa shape index (κ1) is 29.5. The first-order chi connectivity index (χ1) is 15.2. The number of hydrogen-bond donors (Lipinski definition) is 2. The van der Waals surface area contributed by atoms with Gasteiger partial charge in [-0.3, -0.25) is 0 Å². The molecule has 0 aliphatic heterocycles. The Morgan fingerprint density at radius 2 is 1.61 bits per heavy atom. The zero-order valence-corrected chi connectivity index (χ0v) is 25.5. The summed E-state index contributed by atoms with van der Waals surface area (Å²) in [5, 5.41) is 21.1. The van der Waals surface area contributed by atoms with E-state index < -0.39 is 22.7 Å². The molecule has 33 heavy (non-hydrogen) atoms. The van der Waals surface area contributed by atoms with Crippen LogP contribution in [0.2, 0.25) is 36.3 Å². The van der Waals surface area contributed by atoms with Crippen molar-refractivity contribution in [1.29, 1.82) is 0 Å². The fourth-order valence-corrected chi connectivity index (χ4v) is 11.2. The minimum atomic E-state index is -1.90. The van der Waals surface area contributed by atoms with Crippen LogP contribution in [0.25, 0.3) is 0 Å². The number of hydrogen-bond acceptors (Lipinski definition) is 4. The lowest BCUT2D eigenvalue weighted by atomic mass is 9.61. The summed E-state index contributed by atoms with van der Waals surface area (Å²) in [6, 6.07) is 3.19. The number of rotatable bonds is 11. The largest absolute Gasteiger partial charge is 0.414 e. The van der Waals surface area contributed by atoms with E-state index in [9.17, 15) is 10.2 Å². The second-order valence-corrected chi connectivity index (χ2v) is 22.5. The molecule has 2 N–H and O–H groups in total. The molecule has 4 nitrogen and oxygen atoms in total. The van der Waals surface area contributed by atoms with Gasteiger partial charge in [-0.05, 0) is 85.1 Å². The molecule has 0 unspecified atom stereocenters. The van der Waals surface area contributed by atoms with E-state index in [2.05, 4.69) is 68.5 Å². The lowest BCUT2D eigenvalue weighted by Gasteiger charge is -2.51. The average Bonchev–Trinajstić information content (AvgIpc) is 3.11. The summed E-state index contributed by atoms with van der Waals surface area (Å²) in [5.41, 5.74) is 0.219. The SMILES string of the molecule is CC[Si](CC)(CC)O[C@@H]([C@@H](C)[C@H]1CC[C@H]2[C@@H](O[Si](C)(C)C(C)(C)C)CCC[C@]12C)[C@@H](O)CO. The predicted octanol–water partition coefficient (Wildman–Crippen LogP) is 6.97. The molecule has 196 valence electrons. The van der Waals surface area contributed by atoms with Crippen LogP contribution in [0.5, 0.6) is 0 Å². The van der Waals surface area contributed by atoms with Gasteiger partial charge in [0.15, 0.2) is 16.6 Å². The molecule has 2 fully saturated rings. The molecule has 0 amide bonds. The van der Waals surface area contributed by atoms with E-state index in [-0.39, 0.29) is 29.1 Å². The summed E-state index contributed by atoms with van der Waals surface area (Å²) >= 11 is 0. The molecule has 0 aromatic rings. The maximum Gasteiger partial charge on any atom is 0.192 e. The van der Waals surface area contributed by atoms with Gasteiger partial charge in [0.2, 0.25) is 0 Å². The van der Waals surface area contributed by atoms with E-state index >= 15 is 0 Å². The maximum atomic E-state index is 10.9. The molecule has 2 aliphatic carbocycles. The second kappa shape index (κ2) is 11.1. The molecule has 2 rings (SSSR count). The Bertz CT molecular complexity index is 607. The highest BCUT2D eigenvalue weighted by molar-refractivity contribution is 6.74. The van der Waals surface area contributed by atoms with Crippen LogP contribution in [0.3, 0.4) is 0 Å². The minimum absolute atomic E-state index is 0.219. The molecule has 0 aromatic carbocycles. The van der Waals surface area contributed by atoms with Crippen molar-refractivity contribution in [2.24, 2.45) is 23.2 Å². The summed E-state index contributed by atoms with van der Waals surface area (Å²) in [6.07, 6.45) is 5.32. The molecule has 2 saturated carbocycles. The highest BCUT2D eigenvalue weighted by Gasteiger charge is 2.56. The van der Waals surface area contributed by atoms with Gasteiger partial charge in [-0.25, -0.2) is 0 Å². The van der Waals surface area contributed by atoms with Crippen molar-refractivity contribution < 1.29 is 19.1 Å². The van der Waals surface area contributed by atoms with E-state index in [1.807, 2.05) is 0 Å². The van der Waals surface area contributed by atoms with Gasteiger partial charge < -0.3 is 19.1 Å². The van der Waals surface area contributed by atoms with Crippen LogP contribution >= 0.6 is 0 Å². The van der Waals surface area contributed by atoms with Crippen LogP contribution in [0.15, 0.2) is 0 Å². The van der Waals surface area contributed by atoms with Crippen molar-refractivity contribution in [1.82, 2.24) is 0 Å². The van der Waals surface area contributed by atoms with Crippen LogP contribution in [-0.4, -0.2) is 51.8 Å². The summed E-state index contributed by atoms with van der Waals surface area (Å²) in [6.45, 7) is 23.1. The maximum absolute atomic E-state index is 10.9. The lowest BCUT2D eigenvalue weighted by Crippen LogP contribution is -2.53. The van der Waals surface area contributed by atoms with Gasteiger partial charge >= 0.3 is 0 Å². The Balaban J connectivity index is 2.29. The topological polar surface area (TPSA) is 58.9 Å². The normalized spacial score (nSPS) is 31.8. The molecule has 0 aromatic heterocycles. The molecule has 0 heterocycles. The molecule has 2 aliphatic rings. The number of aliphatic hydroxyl groups is 2. The Hall–Kier alpha value is 0.274. The first-order valence-corrected chi connectivity index (χ1v) is 19.3. The van der Waals surface area contributed by atoms with Crippen LogP contribution < -0.4 is 0 Å². The van der Waals surface area contributed by atoms with E-state index in [1.165, 1.54) is 32.1 Å². The summed E-state index contributed by atoms with van der Waals surface area (Å²) in [5.74, 6) is 1.31. The van der Waals surface area contributed by atoms with Crippen molar-refractivity contribution in [2.75, 3.05) is 6.61 Å². The molecular weight excluding hydrogens is 444 g/mol. The van der Waals surface area contributed by atoms with Crippen molar-refractivity contribution in [3.63, 3.8) is 0 Å².